The lowest BCUT2D eigenvalue weighted by atomic mass is 9.40. The van der Waals surface area contributed by atoms with E-state index in [1.165, 1.54) is 0 Å². The fourth-order valence-electron chi connectivity index (χ4n) is 10.3. The third-order valence-corrected chi connectivity index (χ3v) is 12.8. The van der Waals surface area contributed by atoms with Crippen molar-refractivity contribution in [1.29, 1.82) is 0 Å². The number of hydrogen-bond acceptors (Lipinski definition) is 9. The zero-order valence-corrected chi connectivity index (χ0v) is 25.4. The average molecular weight is 593 g/mol. The molecular formula is C29H52O10S. The molecule has 0 radical (unpaired) electrons. The van der Waals surface area contributed by atoms with Gasteiger partial charge in [-0.2, -0.15) is 8.42 Å². The molecule has 40 heavy (non-hydrogen) atoms. The molecule has 0 bridgehead atoms. The smallest absolute Gasteiger partial charge is 0.393 e. The van der Waals surface area contributed by atoms with E-state index in [-0.39, 0.29) is 43.1 Å². The Labute approximate surface area is 239 Å². The number of rotatable bonds is 9. The van der Waals surface area contributed by atoms with Crippen LogP contribution in [0.1, 0.15) is 92.4 Å². The van der Waals surface area contributed by atoms with Crippen molar-refractivity contribution in [3.05, 3.63) is 0 Å². The molecule has 4 aliphatic carbocycles. The fraction of sp³-hybridized carbons (Fsp3) is 1.00. The lowest BCUT2D eigenvalue weighted by molar-refractivity contribution is -0.315. The Bertz CT molecular complexity index is 1020. The van der Waals surface area contributed by atoms with Gasteiger partial charge in [-0.15, -0.1) is 0 Å². The monoisotopic (exact) mass is 592 g/mol. The van der Waals surface area contributed by atoms with Gasteiger partial charge in [-0.25, -0.2) is 4.18 Å². The van der Waals surface area contributed by atoms with Crippen molar-refractivity contribution in [1.82, 2.24) is 0 Å². The van der Waals surface area contributed by atoms with Crippen molar-refractivity contribution < 1.29 is 47.8 Å². The molecule has 0 aliphatic heterocycles. The summed E-state index contributed by atoms with van der Waals surface area (Å²) in [4.78, 5) is 0. The van der Waals surface area contributed by atoms with Gasteiger partial charge in [0.1, 0.15) is 0 Å². The minimum Gasteiger partial charge on any atom is -0.393 e. The van der Waals surface area contributed by atoms with Crippen LogP contribution in [-0.2, 0) is 14.6 Å². The molecule has 13 atom stereocenters. The highest BCUT2D eigenvalue weighted by molar-refractivity contribution is 7.80. The van der Waals surface area contributed by atoms with E-state index < -0.39 is 68.7 Å². The second kappa shape index (κ2) is 11.0. The summed E-state index contributed by atoms with van der Waals surface area (Å²) in [7, 11) is -4.49. The van der Waals surface area contributed by atoms with E-state index in [0.717, 1.165) is 6.42 Å². The van der Waals surface area contributed by atoms with Gasteiger partial charge in [0.05, 0.1) is 42.2 Å². The minimum absolute atomic E-state index is 0.0191. The lowest BCUT2D eigenvalue weighted by Gasteiger charge is -2.68. The largest absolute Gasteiger partial charge is 0.397 e. The van der Waals surface area contributed by atoms with Gasteiger partial charge in [-0.3, -0.25) is 4.55 Å². The summed E-state index contributed by atoms with van der Waals surface area (Å²) in [5.41, 5.74) is -4.47. The summed E-state index contributed by atoms with van der Waals surface area (Å²) in [5.74, 6) is -1.04. The van der Waals surface area contributed by atoms with E-state index in [4.69, 9.17) is 4.55 Å². The molecule has 0 spiro atoms. The average Bonchev–Trinajstić information content (AvgIpc) is 3.02. The summed E-state index contributed by atoms with van der Waals surface area (Å²) in [5, 5.41) is 68.7. The SMILES string of the molecule is CC(C)C(CCOS(=O)(=O)O)CC[C@@H](C)[C@H]1[C@@H](O)C(O)C2[C@]3(O)C[C@@H](O)[C@@]4(O)C[C@@H](O)CC[C@]4(C)C3CC[C@@]21C. The molecule has 10 nitrogen and oxygen atoms in total. The Morgan fingerprint density at radius 2 is 1.55 bits per heavy atom. The van der Waals surface area contributed by atoms with Crippen LogP contribution in [0.25, 0.3) is 0 Å². The fourth-order valence-corrected chi connectivity index (χ4v) is 10.6. The van der Waals surface area contributed by atoms with Crippen LogP contribution in [0.2, 0.25) is 0 Å². The van der Waals surface area contributed by atoms with Crippen LogP contribution in [0.3, 0.4) is 0 Å². The molecule has 0 heterocycles. The van der Waals surface area contributed by atoms with Crippen molar-refractivity contribution in [2.75, 3.05) is 6.61 Å². The van der Waals surface area contributed by atoms with Crippen molar-refractivity contribution in [2.24, 2.45) is 46.3 Å². The molecule has 0 saturated heterocycles. The highest BCUT2D eigenvalue weighted by Crippen LogP contribution is 2.70. The second-order valence-electron chi connectivity index (χ2n) is 14.6. The van der Waals surface area contributed by atoms with Crippen LogP contribution in [0.4, 0.5) is 0 Å². The molecule has 4 unspecified atom stereocenters. The van der Waals surface area contributed by atoms with E-state index in [1.54, 1.807) is 0 Å². The third kappa shape index (κ3) is 5.19. The molecule has 0 amide bonds. The van der Waals surface area contributed by atoms with E-state index in [2.05, 4.69) is 11.1 Å². The summed E-state index contributed by atoms with van der Waals surface area (Å²) in [6, 6.07) is 0. The maximum absolute atomic E-state index is 12.4. The van der Waals surface area contributed by atoms with Gasteiger partial charge in [-0.05, 0) is 73.5 Å². The first-order valence-electron chi connectivity index (χ1n) is 15.1. The zero-order chi connectivity index (χ0) is 30.1. The topological polar surface area (TPSA) is 185 Å². The molecule has 0 aromatic rings. The van der Waals surface area contributed by atoms with Crippen molar-refractivity contribution in [3.8, 4) is 0 Å². The molecule has 4 saturated carbocycles. The number of aliphatic hydroxyl groups is 6. The summed E-state index contributed by atoms with van der Waals surface area (Å²) in [6.07, 6.45) is -0.249. The van der Waals surface area contributed by atoms with Gasteiger partial charge in [0.2, 0.25) is 0 Å². The predicted molar refractivity (Wildman–Crippen MR) is 147 cm³/mol. The van der Waals surface area contributed by atoms with Gasteiger partial charge in [0.15, 0.2) is 0 Å². The van der Waals surface area contributed by atoms with Crippen LogP contribution >= 0.6 is 0 Å². The number of aliphatic hydroxyl groups excluding tert-OH is 4. The molecule has 0 aromatic heterocycles. The lowest BCUT2D eigenvalue weighted by Crippen LogP contribution is -2.75. The van der Waals surface area contributed by atoms with Gasteiger partial charge >= 0.3 is 10.4 Å². The molecule has 11 heteroatoms. The minimum atomic E-state index is -4.49. The molecule has 4 aliphatic rings. The van der Waals surface area contributed by atoms with Crippen LogP contribution in [-0.4, -0.2) is 85.8 Å². The highest BCUT2D eigenvalue weighted by Gasteiger charge is 2.75. The summed E-state index contributed by atoms with van der Waals surface area (Å²) >= 11 is 0. The maximum atomic E-state index is 12.4. The van der Waals surface area contributed by atoms with E-state index in [9.17, 15) is 39.1 Å². The number of hydrogen-bond donors (Lipinski definition) is 7. The van der Waals surface area contributed by atoms with Gasteiger partial charge in [-0.1, -0.05) is 41.0 Å². The van der Waals surface area contributed by atoms with Crippen LogP contribution < -0.4 is 0 Å². The Morgan fingerprint density at radius 1 is 0.900 bits per heavy atom. The summed E-state index contributed by atoms with van der Waals surface area (Å²) in [6.45, 7) is 9.97. The van der Waals surface area contributed by atoms with Crippen LogP contribution in [0.5, 0.6) is 0 Å². The Balaban J connectivity index is 1.55. The zero-order valence-electron chi connectivity index (χ0n) is 24.6. The molecule has 7 N–H and O–H groups in total. The maximum Gasteiger partial charge on any atom is 0.397 e. The summed E-state index contributed by atoms with van der Waals surface area (Å²) < 4.78 is 35.3. The first-order chi connectivity index (χ1) is 18.3. The molecule has 234 valence electrons. The number of fused-ring (bicyclic) bond motifs is 5. The Morgan fingerprint density at radius 3 is 2.15 bits per heavy atom. The van der Waals surface area contributed by atoms with Gasteiger partial charge in [0.25, 0.3) is 0 Å². The van der Waals surface area contributed by atoms with Gasteiger partial charge < -0.3 is 30.6 Å². The first-order valence-corrected chi connectivity index (χ1v) is 16.5. The highest BCUT2D eigenvalue weighted by atomic mass is 32.3. The van der Waals surface area contributed by atoms with Crippen molar-refractivity contribution in [2.45, 2.75) is 128 Å². The van der Waals surface area contributed by atoms with E-state index in [0.29, 0.717) is 38.5 Å². The van der Waals surface area contributed by atoms with E-state index >= 15 is 0 Å². The molecule has 4 fully saturated rings. The Hall–Kier alpha value is -0.370. The van der Waals surface area contributed by atoms with Crippen LogP contribution in [0.15, 0.2) is 0 Å². The molecular weight excluding hydrogens is 540 g/mol. The predicted octanol–water partition coefficient (Wildman–Crippen LogP) is 2.05. The quantitative estimate of drug-likeness (QED) is 0.195. The van der Waals surface area contributed by atoms with Crippen molar-refractivity contribution >= 4 is 10.4 Å². The van der Waals surface area contributed by atoms with Crippen molar-refractivity contribution in [3.63, 3.8) is 0 Å². The third-order valence-electron chi connectivity index (χ3n) is 12.3. The first kappa shape index (κ1) is 32.5. The second-order valence-corrected chi connectivity index (χ2v) is 15.7. The van der Waals surface area contributed by atoms with Crippen LogP contribution in [0, 0.1) is 46.3 Å². The standard InChI is InChI=1S/C29H52O10S/c1-16(2)18(10-13-39-40(36,37)38)7-6-17(3)22-23(32)24(33)25-26(22,4)11-9-20-27(5)12-8-19(30)14-29(27,35)21(31)15-28(20,25)34/h16-25,30-35H,6-15H2,1-5H3,(H,36,37,38)/t17-,18?,19+,20?,21-,22+,23-,24?,25?,26-,27-,28+,29+/m1/s1. The Kier molecular flexibility index (Phi) is 8.92. The molecule has 4 rings (SSSR count). The molecule has 0 aromatic carbocycles. The van der Waals surface area contributed by atoms with Gasteiger partial charge in [0, 0.05) is 24.2 Å². The normalized spacial score (nSPS) is 48.8. The van der Waals surface area contributed by atoms with E-state index in [1.807, 2.05) is 27.7 Å².